The van der Waals surface area contributed by atoms with Gasteiger partial charge in [0.05, 0.1) is 11.6 Å². The van der Waals surface area contributed by atoms with Gasteiger partial charge in [0, 0.05) is 10.6 Å². The summed E-state index contributed by atoms with van der Waals surface area (Å²) in [5, 5.41) is 9.73. The van der Waals surface area contributed by atoms with Crippen molar-refractivity contribution in [1.29, 1.82) is 0 Å². The molecule has 2 nitrogen and oxygen atoms in total. The zero-order valence-corrected chi connectivity index (χ0v) is 11.4. The van der Waals surface area contributed by atoms with Crippen LogP contribution >= 0.6 is 23.2 Å². The van der Waals surface area contributed by atoms with Gasteiger partial charge in [-0.3, -0.25) is 0 Å². The molecular formula is C14H11Cl2FO2. The van der Waals surface area contributed by atoms with E-state index in [9.17, 15) is 9.50 Å². The number of ether oxygens (including phenoxy) is 1. The van der Waals surface area contributed by atoms with Gasteiger partial charge in [-0.05, 0) is 29.8 Å². The van der Waals surface area contributed by atoms with Crippen molar-refractivity contribution in [2.24, 2.45) is 0 Å². The molecule has 19 heavy (non-hydrogen) atoms. The summed E-state index contributed by atoms with van der Waals surface area (Å²) in [4.78, 5) is 0. The fourth-order valence-corrected chi connectivity index (χ4v) is 2.05. The van der Waals surface area contributed by atoms with Crippen molar-refractivity contribution in [3.05, 3.63) is 63.4 Å². The highest BCUT2D eigenvalue weighted by Gasteiger charge is 2.08. The fourth-order valence-electron chi connectivity index (χ4n) is 1.62. The first kappa shape index (κ1) is 14.1. The predicted octanol–water partition coefficient (Wildman–Crippen LogP) is 4.20. The molecule has 0 aliphatic heterocycles. The summed E-state index contributed by atoms with van der Waals surface area (Å²) in [6.07, 6.45) is 0. The van der Waals surface area contributed by atoms with Crippen molar-refractivity contribution in [2.45, 2.75) is 13.2 Å². The molecule has 100 valence electrons. The SMILES string of the molecule is OCc1c(Cl)cccc1OCc1ccc(F)c(Cl)c1. The minimum atomic E-state index is -0.468. The maximum absolute atomic E-state index is 13.0. The highest BCUT2D eigenvalue weighted by Crippen LogP contribution is 2.27. The first-order valence-corrected chi connectivity index (χ1v) is 6.32. The van der Waals surface area contributed by atoms with Gasteiger partial charge in [-0.15, -0.1) is 0 Å². The van der Waals surface area contributed by atoms with E-state index >= 15 is 0 Å². The quantitative estimate of drug-likeness (QED) is 0.917. The van der Waals surface area contributed by atoms with E-state index in [1.165, 1.54) is 12.1 Å². The summed E-state index contributed by atoms with van der Waals surface area (Å²) in [6.45, 7) is 0.00647. The molecular weight excluding hydrogens is 290 g/mol. The lowest BCUT2D eigenvalue weighted by Gasteiger charge is -2.11. The van der Waals surface area contributed by atoms with Crippen LogP contribution in [0.2, 0.25) is 10.0 Å². The van der Waals surface area contributed by atoms with Crippen LogP contribution in [0.1, 0.15) is 11.1 Å². The number of hydrogen-bond acceptors (Lipinski definition) is 2. The van der Waals surface area contributed by atoms with Crippen LogP contribution in [0, 0.1) is 5.82 Å². The fraction of sp³-hybridized carbons (Fsp3) is 0.143. The second-order valence-electron chi connectivity index (χ2n) is 3.91. The van der Waals surface area contributed by atoms with Gasteiger partial charge < -0.3 is 9.84 Å². The van der Waals surface area contributed by atoms with Gasteiger partial charge >= 0.3 is 0 Å². The van der Waals surface area contributed by atoms with Crippen molar-refractivity contribution in [1.82, 2.24) is 0 Å². The first-order chi connectivity index (χ1) is 9.11. The van der Waals surface area contributed by atoms with E-state index in [0.717, 1.165) is 5.56 Å². The molecule has 0 saturated carbocycles. The standard InChI is InChI=1S/C14H11Cl2FO2/c15-11-2-1-3-14(10(11)7-18)19-8-9-4-5-13(17)12(16)6-9/h1-6,18H,7-8H2. The number of hydrogen-bond donors (Lipinski definition) is 1. The number of aliphatic hydroxyl groups excluding tert-OH is 1. The number of halogens is 3. The van der Waals surface area contributed by atoms with Gasteiger partial charge in [0.25, 0.3) is 0 Å². The van der Waals surface area contributed by atoms with Crippen LogP contribution in [0.5, 0.6) is 5.75 Å². The minimum Gasteiger partial charge on any atom is -0.488 e. The Labute approximate surface area is 120 Å². The average molecular weight is 301 g/mol. The van der Waals surface area contributed by atoms with Crippen LogP contribution < -0.4 is 4.74 Å². The highest BCUT2D eigenvalue weighted by atomic mass is 35.5. The Morgan fingerprint density at radius 1 is 1.11 bits per heavy atom. The average Bonchev–Trinajstić information content (AvgIpc) is 2.40. The summed E-state index contributed by atoms with van der Waals surface area (Å²) in [5.74, 6) is 0.0275. The number of rotatable bonds is 4. The second-order valence-corrected chi connectivity index (χ2v) is 4.73. The van der Waals surface area contributed by atoms with Gasteiger partial charge in [-0.2, -0.15) is 0 Å². The summed E-state index contributed by atoms with van der Waals surface area (Å²) in [5.41, 5.74) is 1.26. The monoisotopic (exact) mass is 300 g/mol. The lowest BCUT2D eigenvalue weighted by Crippen LogP contribution is -1.99. The summed E-state index contributed by atoms with van der Waals surface area (Å²) in [6, 6.07) is 9.49. The second kappa shape index (κ2) is 6.24. The molecule has 0 bridgehead atoms. The molecule has 0 fully saturated rings. The molecule has 0 saturated heterocycles. The van der Waals surface area contributed by atoms with Gasteiger partial charge in [0.15, 0.2) is 0 Å². The first-order valence-electron chi connectivity index (χ1n) is 5.57. The lowest BCUT2D eigenvalue weighted by molar-refractivity contribution is 0.259. The van der Waals surface area contributed by atoms with Crippen LogP contribution in [0.3, 0.4) is 0 Å². The third-order valence-electron chi connectivity index (χ3n) is 2.61. The summed E-state index contributed by atoms with van der Waals surface area (Å²) in [7, 11) is 0. The smallest absolute Gasteiger partial charge is 0.141 e. The number of aliphatic hydroxyl groups is 1. The zero-order valence-electron chi connectivity index (χ0n) is 9.87. The predicted molar refractivity (Wildman–Crippen MR) is 73.1 cm³/mol. The Morgan fingerprint density at radius 2 is 1.89 bits per heavy atom. The van der Waals surface area contributed by atoms with Crippen LogP contribution in [-0.4, -0.2) is 5.11 Å². The van der Waals surface area contributed by atoms with E-state index < -0.39 is 5.82 Å². The minimum absolute atomic E-state index is 0.0505. The van der Waals surface area contributed by atoms with Gasteiger partial charge in [-0.1, -0.05) is 35.3 Å². The van der Waals surface area contributed by atoms with E-state index in [-0.39, 0.29) is 18.2 Å². The normalized spacial score (nSPS) is 10.5. The van der Waals surface area contributed by atoms with E-state index in [1.807, 2.05) is 0 Å². The van der Waals surface area contributed by atoms with Crippen molar-refractivity contribution < 1.29 is 14.2 Å². The van der Waals surface area contributed by atoms with Crippen molar-refractivity contribution in [2.75, 3.05) is 0 Å². The molecule has 0 aromatic heterocycles. The maximum Gasteiger partial charge on any atom is 0.141 e. The summed E-state index contributed by atoms with van der Waals surface area (Å²) >= 11 is 11.6. The molecule has 0 unspecified atom stereocenters. The van der Waals surface area contributed by atoms with E-state index in [0.29, 0.717) is 16.3 Å². The van der Waals surface area contributed by atoms with Crippen LogP contribution in [0.25, 0.3) is 0 Å². The Kier molecular flexibility index (Phi) is 4.64. The van der Waals surface area contributed by atoms with Gasteiger partial charge in [-0.25, -0.2) is 4.39 Å². The third-order valence-corrected chi connectivity index (χ3v) is 3.26. The molecule has 0 radical (unpaired) electrons. The van der Waals surface area contributed by atoms with Gasteiger partial charge in [0.1, 0.15) is 18.2 Å². The highest BCUT2D eigenvalue weighted by molar-refractivity contribution is 6.31. The van der Waals surface area contributed by atoms with E-state index in [4.69, 9.17) is 27.9 Å². The third kappa shape index (κ3) is 3.38. The van der Waals surface area contributed by atoms with Crippen molar-refractivity contribution in [3.63, 3.8) is 0 Å². The Morgan fingerprint density at radius 3 is 2.58 bits per heavy atom. The topological polar surface area (TPSA) is 29.5 Å². The van der Waals surface area contributed by atoms with E-state index in [2.05, 4.69) is 0 Å². The largest absolute Gasteiger partial charge is 0.488 e. The molecule has 0 spiro atoms. The van der Waals surface area contributed by atoms with Crippen LogP contribution in [0.4, 0.5) is 4.39 Å². The van der Waals surface area contributed by atoms with Crippen molar-refractivity contribution in [3.8, 4) is 5.75 Å². The Bertz CT molecular complexity index is 588. The molecule has 1 N–H and O–H groups in total. The lowest BCUT2D eigenvalue weighted by atomic mass is 10.2. The molecule has 0 atom stereocenters. The molecule has 0 heterocycles. The maximum atomic E-state index is 13.0. The summed E-state index contributed by atoms with van der Waals surface area (Å²) < 4.78 is 18.6. The van der Waals surface area contributed by atoms with Crippen molar-refractivity contribution >= 4 is 23.2 Å². The van der Waals surface area contributed by atoms with E-state index in [1.54, 1.807) is 24.3 Å². The molecule has 0 aliphatic rings. The van der Waals surface area contributed by atoms with Crippen LogP contribution in [-0.2, 0) is 13.2 Å². The van der Waals surface area contributed by atoms with Crippen LogP contribution in [0.15, 0.2) is 36.4 Å². The Hall–Kier alpha value is -1.29. The molecule has 2 aromatic carbocycles. The molecule has 0 amide bonds. The molecule has 5 heteroatoms. The Balaban J connectivity index is 2.14. The number of benzene rings is 2. The molecule has 2 rings (SSSR count). The molecule has 0 aliphatic carbocycles. The van der Waals surface area contributed by atoms with Gasteiger partial charge in [0.2, 0.25) is 0 Å². The zero-order chi connectivity index (χ0) is 13.8. The molecule has 2 aromatic rings.